The maximum Gasteiger partial charge on any atom is 0.255 e. The maximum absolute atomic E-state index is 12.7. The second kappa shape index (κ2) is 4.87. The SMILES string of the molecule is Cc1ccc(N)cc1NC(=O)c1ccc(F)cc1. The van der Waals surface area contributed by atoms with E-state index in [1.54, 1.807) is 12.1 Å². The number of rotatable bonds is 2. The van der Waals surface area contributed by atoms with Gasteiger partial charge in [0.2, 0.25) is 0 Å². The third-order valence-corrected chi connectivity index (χ3v) is 2.62. The highest BCUT2D eigenvalue weighted by Crippen LogP contribution is 2.19. The molecule has 0 aliphatic rings. The summed E-state index contributed by atoms with van der Waals surface area (Å²) >= 11 is 0. The van der Waals surface area contributed by atoms with Crippen molar-refractivity contribution in [3.05, 3.63) is 59.4 Å². The largest absolute Gasteiger partial charge is 0.399 e. The molecule has 0 bridgehead atoms. The number of carbonyl (C=O) groups is 1. The monoisotopic (exact) mass is 244 g/mol. The van der Waals surface area contributed by atoms with Crippen LogP contribution in [-0.4, -0.2) is 5.91 Å². The predicted molar refractivity (Wildman–Crippen MR) is 69.9 cm³/mol. The normalized spacial score (nSPS) is 10.1. The molecule has 0 unspecified atom stereocenters. The number of hydrogen-bond donors (Lipinski definition) is 2. The van der Waals surface area contributed by atoms with Gasteiger partial charge in [0.15, 0.2) is 0 Å². The lowest BCUT2D eigenvalue weighted by molar-refractivity contribution is 0.102. The summed E-state index contributed by atoms with van der Waals surface area (Å²) < 4.78 is 12.7. The summed E-state index contributed by atoms with van der Waals surface area (Å²) in [6.45, 7) is 1.87. The van der Waals surface area contributed by atoms with Gasteiger partial charge in [0.25, 0.3) is 5.91 Å². The van der Waals surface area contributed by atoms with Crippen LogP contribution in [-0.2, 0) is 0 Å². The zero-order valence-electron chi connectivity index (χ0n) is 9.91. The molecule has 0 aliphatic heterocycles. The Morgan fingerprint density at radius 3 is 2.50 bits per heavy atom. The molecule has 0 spiro atoms. The fourth-order valence-electron chi connectivity index (χ4n) is 1.57. The third kappa shape index (κ3) is 2.66. The van der Waals surface area contributed by atoms with Gasteiger partial charge in [0, 0.05) is 16.9 Å². The Hall–Kier alpha value is -2.36. The Labute approximate surface area is 104 Å². The van der Waals surface area contributed by atoms with E-state index in [0.717, 1.165) is 5.56 Å². The molecule has 2 aromatic carbocycles. The summed E-state index contributed by atoms with van der Waals surface area (Å²) in [6.07, 6.45) is 0. The zero-order valence-corrected chi connectivity index (χ0v) is 9.91. The van der Waals surface area contributed by atoms with Gasteiger partial charge in [-0.05, 0) is 48.9 Å². The van der Waals surface area contributed by atoms with E-state index in [9.17, 15) is 9.18 Å². The number of aryl methyl sites for hydroxylation is 1. The van der Waals surface area contributed by atoms with E-state index in [2.05, 4.69) is 5.32 Å². The van der Waals surface area contributed by atoms with Crippen LogP contribution in [0.25, 0.3) is 0 Å². The summed E-state index contributed by atoms with van der Waals surface area (Å²) in [5.41, 5.74) is 8.21. The lowest BCUT2D eigenvalue weighted by atomic mass is 10.1. The fraction of sp³-hybridized carbons (Fsp3) is 0.0714. The van der Waals surface area contributed by atoms with E-state index in [1.165, 1.54) is 24.3 Å². The molecular weight excluding hydrogens is 231 g/mol. The summed E-state index contributed by atoms with van der Waals surface area (Å²) in [5.74, 6) is -0.657. The van der Waals surface area contributed by atoms with E-state index in [1.807, 2.05) is 13.0 Å². The molecule has 0 radical (unpaired) electrons. The highest BCUT2D eigenvalue weighted by atomic mass is 19.1. The molecule has 1 amide bonds. The first-order chi connectivity index (χ1) is 8.56. The number of carbonyl (C=O) groups excluding carboxylic acids is 1. The summed E-state index contributed by atoms with van der Waals surface area (Å²) in [7, 11) is 0. The van der Waals surface area contributed by atoms with Crippen LogP contribution in [0.4, 0.5) is 15.8 Å². The van der Waals surface area contributed by atoms with Crippen molar-refractivity contribution in [3.8, 4) is 0 Å². The molecule has 0 fully saturated rings. The lowest BCUT2D eigenvalue weighted by Crippen LogP contribution is -2.12. The van der Waals surface area contributed by atoms with E-state index in [0.29, 0.717) is 16.9 Å². The molecule has 92 valence electrons. The van der Waals surface area contributed by atoms with Gasteiger partial charge in [-0.25, -0.2) is 4.39 Å². The molecule has 0 saturated heterocycles. The van der Waals surface area contributed by atoms with Gasteiger partial charge >= 0.3 is 0 Å². The van der Waals surface area contributed by atoms with Crippen molar-refractivity contribution in [2.75, 3.05) is 11.1 Å². The smallest absolute Gasteiger partial charge is 0.255 e. The summed E-state index contributed by atoms with van der Waals surface area (Å²) in [4.78, 5) is 11.9. The minimum absolute atomic E-state index is 0.288. The molecule has 0 aromatic heterocycles. The van der Waals surface area contributed by atoms with Crippen LogP contribution in [0.1, 0.15) is 15.9 Å². The van der Waals surface area contributed by atoms with E-state index in [4.69, 9.17) is 5.73 Å². The van der Waals surface area contributed by atoms with Crippen molar-refractivity contribution in [1.82, 2.24) is 0 Å². The molecule has 2 aromatic rings. The summed E-state index contributed by atoms with van der Waals surface area (Å²) in [6, 6.07) is 10.7. The number of halogens is 1. The molecule has 0 heterocycles. The van der Waals surface area contributed by atoms with Crippen LogP contribution in [0.2, 0.25) is 0 Å². The lowest BCUT2D eigenvalue weighted by Gasteiger charge is -2.09. The highest BCUT2D eigenvalue weighted by molar-refractivity contribution is 6.04. The standard InChI is InChI=1S/C14H13FN2O/c1-9-2-7-12(16)8-13(9)17-14(18)10-3-5-11(15)6-4-10/h2-8H,16H2,1H3,(H,17,18). The van der Waals surface area contributed by atoms with Crippen molar-refractivity contribution < 1.29 is 9.18 Å². The number of nitrogen functional groups attached to an aromatic ring is 1. The first kappa shape index (κ1) is 12.1. The third-order valence-electron chi connectivity index (χ3n) is 2.62. The predicted octanol–water partition coefficient (Wildman–Crippen LogP) is 2.97. The van der Waals surface area contributed by atoms with Crippen LogP contribution in [0.3, 0.4) is 0 Å². The quantitative estimate of drug-likeness (QED) is 0.798. The molecule has 3 nitrogen and oxygen atoms in total. The average Bonchev–Trinajstić information content (AvgIpc) is 2.34. The van der Waals surface area contributed by atoms with E-state index >= 15 is 0 Å². The van der Waals surface area contributed by atoms with Crippen molar-refractivity contribution in [1.29, 1.82) is 0 Å². The second-order valence-corrected chi connectivity index (χ2v) is 4.04. The maximum atomic E-state index is 12.7. The van der Waals surface area contributed by atoms with Crippen LogP contribution in [0.15, 0.2) is 42.5 Å². The van der Waals surface area contributed by atoms with Crippen LogP contribution >= 0.6 is 0 Å². The zero-order chi connectivity index (χ0) is 13.1. The Kier molecular flexibility index (Phi) is 3.28. The van der Waals surface area contributed by atoms with Gasteiger partial charge in [-0.3, -0.25) is 4.79 Å². The molecule has 2 rings (SSSR count). The summed E-state index contributed by atoms with van der Waals surface area (Å²) in [5, 5.41) is 2.75. The number of nitrogens with two attached hydrogens (primary N) is 1. The number of amides is 1. The molecule has 0 atom stereocenters. The Bertz CT molecular complexity index is 579. The van der Waals surface area contributed by atoms with Gasteiger partial charge in [0.05, 0.1) is 0 Å². The van der Waals surface area contributed by atoms with Gasteiger partial charge in [0.1, 0.15) is 5.82 Å². The molecular formula is C14H13FN2O. The van der Waals surface area contributed by atoms with Crippen LogP contribution in [0, 0.1) is 12.7 Å². The van der Waals surface area contributed by atoms with Crippen LogP contribution < -0.4 is 11.1 Å². The van der Waals surface area contributed by atoms with E-state index < -0.39 is 0 Å². The molecule has 0 saturated carbocycles. The molecule has 4 heteroatoms. The van der Waals surface area contributed by atoms with Crippen molar-refractivity contribution in [3.63, 3.8) is 0 Å². The Morgan fingerprint density at radius 2 is 1.83 bits per heavy atom. The number of nitrogens with one attached hydrogen (secondary N) is 1. The van der Waals surface area contributed by atoms with Crippen molar-refractivity contribution in [2.45, 2.75) is 6.92 Å². The Balaban J connectivity index is 2.21. The molecule has 3 N–H and O–H groups in total. The van der Waals surface area contributed by atoms with Gasteiger partial charge in [-0.15, -0.1) is 0 Å². The van der Waals surface area contributed by atoms with E-state index in [-0.39, 0.29) is 11.7 Å². The number of benzene rings is 2. The fourth-order valence-corrected chi connectivity index (χ4v) is 1.57. The number of anilines is 2. The minimum atomic E-state index is -0.369. The molecule has 18 heavy (non-hydrogen) atoms. The topological polar surface area (TPSA) is 55.1 Å². The highest BCUT2D eigenvalue weighted by Gasteiger charge is 2.07. The first-order valence-corrected chi connectivity index (χ1v) is 5.49. The minimum Gasteiger partial charge on any atom is -0.399 e. The average molecular weight is 244 g/mol. The van der Waals surface area contributed by atoms with Gasteiger partial charge in [-0.2, -0.15) is 0 Å². The Morgan fingerprint density at radius 1 is 1.17 bits per heavy atom. The molecule has 0 aliphatic carbocycles. The second-order valence-electron chi connectivity index (χ2n) is 4.04. The van der Waals surface area contributed by atoms with Crippen molar-refractivity contribution in [2.24, 2.45) is 0 Å². The van der Waals surface area contributed by atoms with Crippen LogP contribution in [0.5, 0.6) is 0 Å². The number of hydrogen-bond acceptors (Lipinski definition) is 2. The van der Waals surface area contributed by atoms with Gasteiger partial charge in [-0.1, -0.05) is 6.07 Å². The van der Waals surface area contributed by atoms with Crippen molar-refractivity contribution >= 4 is 17.3 Å². The van der Waals surface area contributed by atoms with Gasteiger partial charge < -0.3 is 11.1 Å². The first-order valence-electron chi connectivity index (χ1n) is 5.49.